The average molecular weight is 356 g/mol. The Bertz CT molecular complexity index is 613. The van der Waals surface area contributed by atoms with E-state index in [1.54, 1.807) is 14.2 Å². The molecule has 1 atom stereocenters. The van der Waals surface area contributed by atoms with Crippen LogP contribution in [0, 0.1) is 6.92 Å². The van der Waals surface area contributed by atoms with Gasteiger partial charge in [0, 0.05) is 16.7 Å². The highest BCUT2D eigenvalue weighted by Crippen LogP contribution is 2.40. The molecule has 106 valence electrons. The second-order valence-electron chi connectivity index (χ2n) is 4.42. The van der Waals surface area contributed by atoms with Crippen molar-refractivity contribution in [1.82, 2.24) is 0 Å². The molecule has 1 unspecified atom stereocenters. The van der Waals surface area contributed by atoms with Crippen LogP contribution in [0.4, 0.5) is 0 Å². The predicted molar refractivity (Wildman–Crippen MR) is 86.5 cm³/mol. The van der Waals surface area contributed by atoms with Crippen LogP contribution in [-0.4, -0.2) is 14.2 Å². The Morgan fingerprint density at radius 3 is 2.45 bits per heavy atom. The molecular formula is C16H16BrClO2. The van der Waals surface area contributed by atoms with Crippen LogP contribution in [-0.2, 0) is 0 Å². The largest absolute Gasteiger partial charge is 0.497 e. The minimum Gasteiger partial charge on any atom is -0.497 e. The van der Waals surface area contributed by atoms with Gasteiger partial charge in [0.05, 0.1) is 19.0 Å². The SMILES string of the molecule is COc1ccc(C(Br)c2cccc(Cl)c2C)c(OC)c1. The van der Waals surface area contributed by atoms with E-state index in [9.17, 15) is 0 Å². The molecule has 2 aromatic rings. The third kappa shape index (κ3) is 2.94. The molecule has 0 fully saturated rings. The Labute approximate surface area is 132 Å². The Morgan fingerprint density at radius 2 is 1.80 bits per heavy atom. The van der Waals surface area contributed by atoms with Crippen molar-refractivity contribution in [2.75, 3.05) is 14.2 Å². The lowest BCUT2D eigenvalue weighted by atomic mass is 9.99. The van der Waals surface area contributed by atoms with Gasteiger partial charge in [0.1, 0.15) is 11.5 Å². The smallest absolute Gasteiger partial charge is 0.127 e. The first-order valence-corrected chi connectivity index (χ1v) is 7.48. The van der Waals surface area contributed by atoms with Crippen LogP contribution in [0.25, 0.3) is 0 Å². The van der Waals surface area contributed by atoms with Crippen LogP contribution in [0.3, 0.4) is 0 Å². The summed E-state index contributed by atoms with van der Waals surface area (Å²) in [5.74, 6) is 1.55. The highest BCUT2D eigenvalue weighted by molar-refractivity contribution is 9.09. The summed E-state index contributed by atoms with van der Waals surface area (Å²) in [7, 11) is 3.30. The van der Waals surface area contributed by atoms with Gasteiger partial charge >= 0.3 is 0 Å². The lowest BCUT2D eigenvalue weighted by molar-refractivity contribution is 0.391. The van der Waals surface area contributed by atoms with E-state index in [2.05, 4.69) is 22.0 Å². The van der Waals surface area contributed by atoms with E-state index in [1.165, 1.54) is 0 Å². The third-order valence-corrected chi connectivity index (χ3v) is 4.69. The number of hydrogen-bond acceptors (Lipinski definition) is 2. The molecule has 0 saturated carbocycles. The number of benzene rings is 2. The lowest BCUT2D eigenvalue weighted by Gasteiger charge is -2.18. The molecular weight excluding hydrogens is 340 g/mol. The molecule has 0 N–H and O–H groups in total. The molecule has 20 heavy (non-hydrogen) atoms. The quantitative estimate of drug-likeness (QED) is 0.706. The fourth-order valence-corrected chi connectivity index (χ4v) is 3.15. The van der Waals surface area contributed by atoms with Crippen LogP contribution < -0.4 is 9.47 Å². The van der Waals surface area contributed by atoms with Crippen molar-refractivity contribution in [3.63, 3.8) is 0 Å². The van der Waals surface area contributed by atoms with Gasteiger partial charge in [0.15, 0.2) is 0 Å². The molecule has 0 heterocycles. The van der Waals surface area contributed by atoms with Gasteiger partial charge in [0.2, 0.25) is 0 Å². The van der Waals surface area contributed by atoms with Gasteiger partial charge < -0.3 is 9.47 Å². The molecule has 0 bridgehead atoms. The van der Waals surface area contributed by atoms with E-state index in [4.69, 9.17) is 21.1 Å². The van der Waals surface area contributed by atoms with Crippen molar-refractivity contribution >= 4 is 27.5 Å². The first-order chi connectivity index (χ1) is 9.58. The summed E-state index contributed by atoms with van der Waals surface area (Å²) in [4.78, 5) is 0.0158. The van der Waals surface area contributed by atoms with Crippen molar-refractivity contribution in [3.05, 3.63) is 58.1 Å². The third-order valence-electron chi connectivity index (χ3n) is 3.30. The molecule has 0 aliphatic carbocycles. The van der Waals surface area contributed by atoms with E-state index < -0.39 is 0 Å². The highest BCUT2D eigenvalue weighted by atomic mass is 79.9. The number of hydrogen-bond donors (Lipinski definition) is 0. The summed E-state index contributed by atoms with van der Waals surface area (Å²) in [5, 5.41) is 0.763. The Morgan fingerprint density at radius 1 is 1.05 bits per heavy atom. The molecule has 0 radical (unpaired) electrons. The Balaban J connectivity index is 2.47. The summed E-state index contributed by atoms with van der Waals surface area (Å²) in [5.41, 5.74) is 3.23. The van der Waals surface area contributed by atoms with Crippen LogP contribution in [0.15, 0.2) is 36.4 Å². The van der Waals surface area contributed by atoms with Gasteiger partial charge in [0.25, 0.3) is 0 Å². The summed E-state index contributed by atoms with van der Waals surface area (Å²) in [6.07, 6.45) is 0. The highest BCUT2D eigenvalue weighted by Gasteiger charge is 2.18. The number of methoxy groups -OCH3 is 2. The second kappa shape index (κ2) is 6.51. The van der Waals surface area contributed by atoms with Crippen LogP contribution in [0.1, 0.15) is 21.5 Å². The monoisotopic (exact) mass is 354 g/mol. The predicted octanol–water partition coefficient (Wildman–Crippen LogP) is 5.15. The second-order valence-corrected chi connectivity index (χ2v) is 5.75. The molecule has 0 amide bonds. The van der Waals surface area contributed by atoms with Gasteiger partial charge in [-0.25, -0.2) is 0 Å². The van der Waals surface area contributed by atoms with Gasteiger partial charge in [-0.05, 0) is 30.2 Å². The maximum Gasteiger partial charge on any atom is 0.127 e. The summed E-state index contributed by atoms with van der Waals surface area (Å²) in [6.45, 7) is 2.02. The molecule has 0 spiro atoms. The Kier molecular flexibility index (Phi) is 4.95. The molecule has 2 aromatic carbocycles. The first kappa shape index (κ1) is 15.2. The Hall–Kier alpha value is -1.19. The molecule has 4 heteroatoms. The zero-order valence-corrected chi connectivity index (χ0v) is 14.0. The fourth-order valence-electron chi connectivity index (χ4n) is 2.09. The van der Waals surface area contributed by atoms with Gasteiger partial charge in [-0.1, -0.05) is 45.7 Å². The van der Waals surface area contributed by atoms with Gasteiger partial charge in [-0.3, -0.25) is 0 Å². The first-order valence-electron chi connectivity index (χ1n) is 6.19. The average Bonchev–Trinajstić information content (AvgIpc) is 2.48. The summed E-state index contributed by atoms with van der Waals surface area (Å²) in [6, 6.07) is 11.7. The van der Waals surface area contributed by atoms with Crippen molar-refractivity contribution in [1.29, 1.82) is 0 Å². The van der Waals surface area contributed by atoms with Crippen molar-refractivity contribution in [2.24, 2.45) is 0 Å². The molecule has 2 nitrogen and oxygen atoms in total. The van der Waals surface area contributed by atoms with Crippen LogP contribution in [0.2, 0.25) is 5.02 Å². The minimum atomic E-state index is 0.0158. The maximum atomic E-state index is 6.19. The minimum absolute atomic E-state index is 0.0158. The lowest BCUT2D eigenvalue weighted by Crippen LogP contribution is -2.00. The zero-order valence-electron chi connectivity index (χ0n) is 11.6. The van der Waals surface area contributed by atoms with E-state index in [0.29, 0.717) is 0 Å². The molecule has 0 saturated heterocycles. The molecule has 2 rings (SSSR count). The maximum absolute atomic E-state index is 6.19. The van der Waals surface area contributed by atoms with Crippen molar-refractivity contribution in [2.45, 2.75) is 11.8 Å². The van der Waals surface area contributed by atoms with E-state index in [1.807, 2.05) is 37.3 Å². The number of alkyl halides is 1. The van der Waals surface area contributed by atoms with Crippen LogP contribution >= 0.6 is 27.5 Å². The van der Waals surface area contributed by atoms with Crippen LogP contribution in [0.5, 0.6) is 11.5 Å². The van der Waals surface area contributed by atoms with E-state index in [-0.39, 0.29) is 4.83 Å². The summed E-state index contributed by atoms with van der Waals surface area (Å²) < 4.78 is 10.7. The normalized spacial score (nSPS) is 12.1. The topological polar surface area (TPSA) is 18.5 Å². The van der Waals surface area contributed by atoms with E-state index >= 15 is 0 Å². The van der Waals surface area contributed by atoms with Gasteiger partial charge in [-0.15, -0.1) is 0 Å². The summed E-state index contributed by atoms with van der Waals surface area (Å²) >= 11 is 9.93. The van der Waals surface area contributed by atoms with E-state index in [0.717, 1.165) is 33.2 Å². The molecule has 0 aliphatic rings. The van der Waals surface area contributed by atoms with Gasteiger partial charge in [-0.2, -0.15) is 0 Å². The van der Waals surface area contributed by atoms with Crippen molar-refractivity contribution in [3.8, 4) is 11.5 Å². The number of halogens is 2. The van der Waals surface area contributed by atoms with Crippen molar-refractivity contribution < 1.29 is 9.47 Å². The molecule has 0 aliphatic heterocycles. The standard InChI is InChI=1S/C16H16BrClO2/c1-10-12(5-4-6-14(10)18)16(17)13-8-7-11(19-2)9-15(13)20-3/h4-9,16H,1-3H3. The fraction of sp³-hybridized carbons (Fsp3) is 0.250. The zero-order chi connectivity index (χ0) is 14.7. The number of rotatable bonds is 4. The molecule has 0 aromatic heterocycles. The number of ether oxygens (including phenoxy) is 2.